The monoisotopic (exact) mass is 241 g/mol. The quantitative estimate of drug-likeness (QED) is 0.878. The highest BCUT2D eigenvalue weighted by molar-refractivity contribution is 5.45. The van der Waals surface area contributed by atoms with Gasteiger partial charge in [-0.2, -0.15) is 8.78 Å². The van der Waals surface area contributed by atoms with Crippen LogP contribution in [0.3, 0.4) is 0 Å². The van der Waals surface area contributed by atoms with E-state index in [1.165, 1.54) is 16.9 Å². The summed E-state index contributed by atoms with van der Waals surface area (Å²) >= 11 is 0. The van der Waals surface area contributed by atoms with Crippen molar-refractivity contribution in [2.24, 2.45) is 0 Å². The number of aromatic nitrogens is 3. The van der Waals surface area contributed by atoms with E-state index < -0.39 is 6.61 Å². The van der Waals surface area contributed by atoms with Gasteiger partial charge in [-0.1, -0.05) is 17.3 Å². The average Bonchev–Trinajstić information content (AvgIpc) is 2.77. The summed E-state index contributed by atoms with van der Waals surface area (Å²) in [6.45, 7) is -3.17. The molecule has 0 aliphatic heterocycles. The molecule has 0 saturated carbocycles. The van der Waals surface area contributed by atoms with E-state index in [1.807, 2.05) is 0 Å². The van der Waals surface area contributed by atoms with Gasteiger partial charge in [0.2, 0.25) is 0 Å². The number of aliphatic hydroxyl groups is 1. The number of hydrogen-bond acceptors (Lipinski definition) is 4. The van der Waals surface area contributed by atoms with Crippen LogP contribution >= 0.6 is 0 Å². The Labute approximate surface area is 95.3 Å². The number of alkyl halides is 2. The minimum Gasteiger partial charge on any atom is -0.433 e. The molecule has 2 rings (SSSR count). The molecule has 1 N–H and O–H groups in total. The first-order chi connectivity index (χ1) is 8.20. The fourth-order valence-electron chi connectivity index (χ4n) is 1.33. The van der Waals surface area contributed by atoms with Crippen LogP contribution in [0, 0.1) is 0 Å². The summed E-state index contributed by atoms with van der Waals surface area (Å²) in [5.41, 5.74) is 0.678. The van der Waals surface area contributed by atoms with E-state index in [0.717, 1.165) is 0 Å². The number of aliphatic hydroxyl groups excluding tert-OH is 1. The number of nitrogens with zero attached hydrogens (tertiary/aromatic N) is 3. The summed E-state index contributed by atoms with van der Waals surface area (Å²) in [6.07, 6.45) is 1.44. The third kappa shape index (κ3) is 2.56. The minimum absolute atomic E-state index is 0.00288. The molecule has 0 spiro atoms. The van der Waals surface area contributed by atoms with Crippen LogP contribution in [0.15, 0.2) is 30.5 Å². The van der Waals surface area contributed by atoms with Gasteiger partial charge >= 0.3 is 6.61 Å². The SMILES string of the molecule is OCc1cn(-c2ccccc2OC(F)F)nn1. The van der Waals surface area contributed by atoms with E-state index in [2.05, 4.69) is 15.0 Å². The van der Waals surface area contributed by atoms with Gasteiger partial charge in [0.15, 0.2) is 5.75 Å². The van der Waals surface area contributed by atoms with Gasteiger partial charge in [-0.3, -0.25) is 0 Å². The molecule has 0 aliphatic rings. The molecule has 1 aromatic heterocycles. The molecule has 0 bridgehead atoms. The van der Waals surface area contributed by atoms with Gasteiger partial charge in [-0.05, 0) is 12.1 Å². The van der Waals surface area contributed by atoms with Gasteiger partial charge in [-0.25, -0.2) is 4.68 Å². The van der Waals surface area contributed by atoms with Crippen LogP contribution in [0.2, 0.25) is 0 Å². The first-order valence-corrected chi connectivity index (χ1v) is 4.77. The van der Waals surface area contributed by atoms with E-state index in [0.29, 0.717) is 11.4 Å². The Hall–Kier alpha value is -2.02. The van der Waals surface area contributed by atoms with Gasteiger partial charge in [0.1, 0.15) is 11.4 Å². The van der Waals surface area contributed by atoms with E-state index >= 15 is 0 Å². The van der Waals surface area contributed by atoms with Crippen LogP contribution in [-0.2, 0) is 6.61 Å². The van der Waals surface area contributed by atoms with Gasteiger partial charge in [0.25, 0.3) is 0 Å². The third-order valence-corrected chi connectivity index (χ3v) is 2.03. The summed E-state index contributed by atoms with van der Waals surface area (Å²) in [4.78, 5) is 0. The van der Waals surface area contributed by atoms with Crippen LogP contribution < -0.4 is 4.74 Å². The standard InChI is InChI=1S/C10H9F2N3O2/c11-10(12)17-9-4-2-1-3-8(9)15-5-7(6-16)13-14-15/h1-5,10,16H,6H2. The van der Waals surface area contributed by atoms with Gasteiger partial charge in [-0.15, -0.1) is 5.10 Å². The van der Waals surface area contributed by atoms with Crippen LogP contribution in [0.5, 0.6) is 5.75 Å². The molecule has 0 atom stereocenters. The normalized spacial score (nSPS) is 10.8. The Morgan fingerprint density at radius 3 is 2.76 bits per heavy atom. The number of benzene rings is 1. The average molecular weight is 241 g/mol. The lowest BCUT2D eigenvalue weighted by molar-refractivity contribution is -0.0499. The smallest absolute Gasteiger partial charge is 0.387 e. The van der Waals surface area contributed by atoms with Gasteiger partial charge < -0.3 is 9.84 Å². The summed E-state index contributed by atoms with van der Waals surface area (Å²) in [6, 6.07) is 6.20. The fraction of sp³-hybridized carbons (Fsp3) is 0.200. The van der Waals surface area contributed by atoms with Crippen molar-refractivity contribution in [2.45, 2.75) is 13.2 Å². The van der Waals surface area contributed by atoms with E-state index in [1.54, 1.807) is 18.2 Å². The second kappa shape index (κ2) is 4.88. The predicted octanol–water partition coefficient (Wildman–Crippen LogP) is 1.36. The van der Waals surface area contributed by atoms with Crippen LogP contribution in [0.4, 0.5) is 8.78 Å². The first kappa shape index (κ1) is 11.5. The molecule has 2 aromatic rings. The van der Waals surface area contributed by atoms with Crippen molar-refractivity contribution in [1.29, 1.82) is 0 Å². The Morgan fingerprint density at radius 2 is 2.12 bits per heavy atom. The number of halogens is 2. The summed E-state index contributed by atoms with van der Waals surface area (Å²) in [5.74, 6) is -0.00288. The molecule has 0 unspecified atom stereocenters. The molecule has 90 valence electrons. The highest BCUT2D eigenvalue weighted by atomic mass is 19.3. The van der Waals surface area contributed by atoms with Crippen molar-refractivity contribution >= 4 is 0 Å². The van der Waals surface area contributed by atoms with E-state index in [4.69, 9.17) is 5.11 Å². The Bertz CT molecular complexity index is 502. The largest absolute Gasteiger partial charge is 0.433 e. The number of ether oxygens (including phenoxy) is 1. The summed E-state index contributed by atoms with van der Waals surface area (Å²) in [5, 5.41) is 16.2. The topological polar surface area (TPSA) is 60.2 Å². The van der Waals surface area contributed by atoms with Crippen molar-refractivity contribution in [2.75, 3.05) is 0 Å². The highest BCUT2D eigenvalue weighted by Gasteiger charge is 2.11. The molecule has 0 fully saturated rings. The lowest BCUT2D eigenvalue weighted by Crippen LogP contribution is -2.06. The number of hydrogen-bond donors (Lipinski definition) is 1. The Kier molecular flexibility index (Phi) is 3.29. The Morgan fingerprint density at radius 1 is 1.35 bits per heavy atom. The van der Waals surface area contributed by atoms with Gasteiger partial charge in [0, 0.05) is 0 Å². The zero-order valence-corrected chi connectivity index (χ0v) is 8.62. The van der Waals surface area contributed by atoms with Crippen molar-refractivity contribution in [3.05, 3.63) is 36.2 Å². The second-order valence-corrected chi connectivity index (χ2v) is 3.16. The van der Waals surface area contributed by atoms with E-state index in [9.17, 15) is 8.78 Å². The molecule has 1 aromatic carbocycles. The lowest BCUT2D eigenvalue weighted by atomic mass is 10.3. The molecule has 7 heteroatoms. The maximum atomic E-state index is 12.2. The maximum Gasteiger partial charge on any atom is 0.387 e. The molecule has 17 heavy (non-hydrogen) atoms. The first-order valence-electron chi connectivity index (χ1n) is 4.77. The van der Waals surface area contributed by atoms with Gasteiger partial charge in [0.05, 0.1) is 12.8 Å². The number of para-hydroxylation sites is 2. The Balaban J connectivity index is 2.36. The highest BCUT2D eigenvalue weighted by Crippen LogP contribution is 2.23. The van der Waals surface area contributed by atoms with Crippen molar-refractivity contribution in [1.82, 2.24) is 15.0 Å². The van der Waals surface area contributed by atoms with Crippen LogP contribution in [-0.4, -0.2) is 26.7 Å². The summed E-state index contributed by atoms with van der Waals surface area (Å²) in [7, 11) is 0. The predicted molar refractivity (Wildman–Crippen MR) is 53.9 cm³/mol. The lowest BCUT2D eigenvalue weighted by Gasteiger charge is -2.09. The maximum absolute atomic E-state index is 12.2. The molecule has 0 aliphatic carbocycles. The van der Waals surface area contributed by atoms with Crippen LogP contribution in [0.1, 0.15) is 5.69 Å². The summed E-state index contributed by atoms with van der Waals surface area (Å²) < 4.78 is 30.0. The van der Waals surface area contributed by atoms with Crippen LogP contribution in [0.25, 0.3) is 5.69 Å². The van der Waals surface area contributed by atoms with E-state index in [-0.39, 0.29) is 12.4 Å². The number of rotatable bonds is 4. The zero-order chi connectivity index (χ0) is 12.3. The van der Waals surface area contributed by atoms with Crippen molar-refractivity contribution < 1.29 is 18.6 Å². The molecule has 1 heterocycles. The van der Waals surface area contributed by atoms with Crippen molar-refractivity contribution in [3.8, 4) is 11.4 Å². The molecular weight excluding hydrogens is 232 g/mol. The third-order valence-electron chi connectivity index (χ3n) is 2.03. The molecule has 0 radical (unpaired) electrons. The zero-order valence-electron chi connectivity index (χ0n) is 8.62. The molecule has 5 nitrogen and oxygen atoms in total. The molecule has 0 saturated heterocycles. The molecular formula is C10H9F2N3O2. The minimum atomic E-state index is -2.91. The molecule has 0 amide bonds. The van der Waals surface area contributed by atoms with Crippen molar-refractivity contribution in [3.63, 3.8) is 0 Å². The fourth-order valence-corrected chi connectivity index (χ4v) is 1.33. The second-order valence-electron chi connectivity index (χ2n) is 3.16.